The Bertz CT molecular complexity index is 208. The van der Waals surface area contributed by atoms with Crippen LogP contribution in [0.25, 0.3) is 0 Å². The molecule has 0 amide bonds. The van der Waals surface area contributed by atoms with Gasteiger partial charge < -0.3 is 9.31 Å². The summed E-state index contributed by atoms with van der Waals surface area (Å²) in [6, 6.07) is 0. The number of allylic oxidation sites excluding steroid dienone is 2. The molecule has 0 bridgehead atoms. The summed E-state index contributed by atoms with van der Waals surface area (Å²) >= 11 is 0. The van der Waals surface area contributed by atoms with Crippen molar-refractivity contribution in [1.29, 1.82) is 0 Å². The van der Waals surface area contributed by atoms with Gasteiger partial charge in [-0.15, -0.1) is 6.58 Å². The highest BCUT2D eigenvalue weighted by Crippen LogP contribution is 2.22. The number of hydrogen-bond donors (Lipinski definition) is 0. The van der Waals surface area contributed by atoms with Gasteiger partial charge in [0.15, 0.2) is 0 Å². The molecular weight excluding hydrogens is 139 g/mol. The van der Waals surface area contributed by atoms with Crippen molar-refractivity contribution < 1.29 is 9.31 Å². The Morgan fingerprint density at radius 1 is 1.45 bits per heavy atom. The molecule has 2 nitrogen and oxygen atoms in total. The van der Waals surface area contributed by atoms with Crippen molar-refractivity contribution in [2.45, 2.75) is 13.2 Å². The topological polar surface area (TPSA) is 18.5 Å². The van der Waals surface area contributed by atoms with Crippen LogP contribution in [-0.4, -0.2) is 7.12 Å². The lowest BCUT2D eigenvalue weighted by atomic mass is 9.96. The fourth-order valence-corrected chi connectivity index (χ4v) is 0.969. The van der Waals surface area contributed by atoms with E-state index in [1.165, 1.54) is 0 Å². The lowest BCUT2D eigenvalue weighted by Gasteiger charge is -1.98. The van der Waals surface area contributed by atoms with Crippen LogP contribution < -0.4 is 0 Å². The Kier molecular flexibility index (Phi) is 2.42. The minimum absolute atomic E-state index is 0.182. The van der Waals surface area contributed by atoms with Gasteiger partial charge in [0.25, 0.3) is 0 Å². The van der Waals surface area contributed by atoms with Gasteiger partial charge in [0.05, 0.1) is 0 Å². The Morgan fingerprint density at radius 2 is 2.18 bits per heavy atom. The molecule has 1 heterocycles. The van der Waals surface area contributed by atoms with E-state index in [9.17, 15) is 0 Å². The van der Waals surface area contributed by atoms with Gasteiger partial charge in [0.2, 0.25) is 0 Å². The highest BCUT2D eigenvalue weighted by molar-refractivity contribution is 6.44. The van der Waals surface area contributed by atoms with Gasteiger partial charge in [-0.2, -0.15) is 0 Å². The lowest BCUT2D eigenvalue weighted by molar-refractivity contribution is 0.384. The SMILES string of the molecule is C=CCC1=C(C=C)OB(C)O1. The zero-order valence-corrected chi connectivity index (χ0v) is 6.67. The fourth-order valence-electron chi connectivity index (χ4n) is 0.969. The van der Waals surface area contributed by atoms with Gasteiger partial charge in [-0.1, -0.05) is 12.7 Å². The van der Waals surface area contributed by atoms with E-state index in [4.69, 9.17) is 9.31 Å². The molecule has 0 aromatic heterocycles. The molecule has 0 saturated heterocycles. The molecule has 0 unspecified atom stereocenters. The minimum Gasteiger partial charge on any atom is -0.526 e. The summed E-state index contributed by atoms with van der Waals surface area (Å²) in [6.07, 6.45) is 4.13. The van der Waals surface area contributed by atoms with Crippen LogP contribution >= 0.6 is 0 Å². The molecule has 0 N–H and O–H groups in total. The standard InChI is InChI=1S/C8H11BO2/c1-4-6-8-7(5-2)10-9(3)11-8/h4-5H,1-2,6H2,3H3. The molecule has 0 atom stereocenters. The molecule has 0 fully saturated rings. The second kappa shape index (κ2) is 3.33. The normalized spacial score (nSPS) is 15.9. The maximum absolute atomic E-state index is 5.32. The van der Waals surface area contributed by atoms with Gasteiger partial charge in [-0.05, 0) is 12.9 Å². The molecule has 3 heteroatoms. The average molecular weight is 150 g/mol. The summed E-state index contributed by atoms with van der Waals surface area (Å²) in [4.78, 5) is 0. The van der Waals surface area contributed by atoms with E-state index in [1.807, 2.05) is 6.82 Å². The maximum Gasteiger partial charge on any atom is 0.591 e. The van der Waals surface area contributed by atoms with Crippen LogP contribution in [0.4, 0.5) is 0 Å². The summed E-state index contributed by atoms with van der Waals surface area (Å²) < 4.78 is 10.6. The second-order valence-electron chi connectivity index (χ2n) is 2.29. The van der Waals surface area contributed by atoms with Crippen molar-refractivity contribution in [1.82, 2.24) is 0 Å². The Morgan fingerprint density at radius 3 is 2.73 bits per heavy atom. The largest absolute Gasteiger partial charge is 0.591 e. The van der Waals surface area contributed by atoms with Crippen LogP contribution in [0.2, 0.25) is 6.82 Å². The molecular formula is C8H11BO2. The zero-order chi connectivity index (χ0) is 8.27. The van der Waals surface area contributed by atoms with E-state index >= 15 is 0 Å². The quantitative estimate of drug-likeness (QED) is 0.453. The molecule has 0 aromatic carbocycles. The average Bonchev–Trinajstić information content (AvgIpc) is 2.32. The predicted octanol–water partition coefficient (Wildman–Crippen LogP) is 2.12. The van der Waals surface area contributed by atoms with Gasteiger partial charge in [-0.3, -0.25) is 0 Å². The molecule has 1 aliphatic rings. The van der Waals surface area contributed by atoms with E-state index in [0.29, 0.717) is 6.42 Å². The highest BCUT2D eigenvalue weighted by atomic mass is 16.6. The van der Waals surface area contributed by atoms with Crippen LogP contribution in [0.1, 0.15) is 6.42 Å². The third-order valence-corrected chi connectivity index (χ3v) is 1.39. The monoisotopic (exact) mass is 150 g/mol. The van der Waals surface area contributed by atoms with Crippen molar-refractivity contribution >= 4 is 7.12 Å². The van der Waals surface area contributed by atoms with E-state index in [1.54, 1.807) is 12.2 Å². The molecule has 0 aromatic rings. The smallest absolute Gasteiger partial charge is 0.526 e. The van der Waals surface area contributed by atoms with Crippen LogP contribution in [0, 0.1) is 0 Å². The fraction of sp³-hybridized carbons (Fsp3) is 0.250. The van der Waals surface area contributed by atoms with Crippen molar-refractivity contribution in [3.8, 4) is 0 Å². The summed E-state index contributed by atoms with van der Waals surface area (Å²) in [5.41, 5.74) is 0. The van der Waals surface area contributed by atoms with E-state index in [-0.39, 0.29) is 7.12 Å². The first-order chi connectivity index (χ1) is 5.27. The third-order valence-electron chi connectivity index (χ3n) is 1.39. The molecule has 0 radical (unpaired) electrons. The Hall–Kier alpha value is -1.12. The molecule has 1 aliphatic heterocycles. The predicted molar refractivity (Wildman–Crippen MR) is 45.8 cm³/mol. The van der Waals surface area contributed by atoms with Crippen LogP contribution in [0.3, 0.4) is 0 Å². The van der Waals surface area contributed by atoms with Crippen molar-refractivity contribution in [3.05, 3.63) is 36.8 Å². The van der Waals surface area contributed by atoms with Gasteiger partial charge >= 0.3 is 7.12 Å². The Labute approximate surface area is 67.3 Å². The van der Waals surface area contributed by atoms with Crippen LogP contribution in [-0.2, 0) is 9.31 Å². The van der Waals surface area contributed by atoms with Crippen LogP contribution in [0.15, 0.2) is 36.8 Å². The Balaban J connectivity index is 2.70. The van der Waals surface area contributed by atoms with E-state index in [2.05, 4.69) is 13.2 Å². The number of hydrogen-bond acceptors (Lipinski definition) is 2. The molecule has 11 heavy (non-hydrogen) atoms. The van der Waals surface area contributed by atoms with Gasteiger partial charge in [0.1, 0.15) is 11.5 Å². The molecule has 0 spiro atoms. The molecule has 58 valence electrons. The maximum atomic E-state index is 5.32. The first-order valence-electron chi connectivity index (χ1n) is 3.57. The summed E-state index contributed by atoms with van der Waals surface area (Å²) in [6.45, 7) is 9.07. The third kappa shape index (κ3) is 1.67. The molecule has 0 saturated carbocycles. The first-order valence-corrected chi connectivity index (χ1v) is 3.57. The molecule has 1 rings (SSSR count). The summed E-state index contributed by atoms with van der Waals surface area (Å²) in [5.74, 6) is 1.56. The second-order valence-corrected chi connectivity index (χ2v) is 2.29. The first kappa shape index (κ1) is 7.99. The van der Waals surface area contributed by atoms with E-state index in [0.717, 1.165) is 11.5 Å². The van der Waals surface area contributed by atoms with Gasteiger partial charge in [-0.25, -0.2) is 0 Å². The lowest BCUT2D eigenvalue weighted by Crippen LogP contribution is -2.07. The van der Waals surface area contributed by atoms with Crippen molar-refractivity contribution in [2.75, 3.05) is 0 Å². The van der Waals surface area contributed by atoms with Crippen molar-refractivity contribution in [2.24, 2.45) is 0 Å². The number of rotatable bonds is 3. The highest BCUT2D eigenvalue weighted by Gasteiger charge is 2.26. The zero-order valence-electron chi connectivity index (χ0n) is 6.67. The van der Waals surface area contributed by atoms with Crippen molar-refractivity contribution in [3.63, 3.8) is 0 Å². The summed E-state index contributed by atoms with van der Waals surface area (Å²) in [5, 5.41) is 0. The summed E-state index contributed by atoms with van der Waals surface area (Å²) in [7, 11) is -0.182. The molecule has 0 aliphatic carbocycles. The van der Waals surface area contributed by atoms with Gasteiger partial charge in [0, 0.05) is 6.42 Å². The van der Waals surface area contributed by atoms with E-state index < -0.39 is 0 Å². The minimum atomic E-state index is -0.182. The van der Waals surface area contributed by atoms with Crippen LogP contribution in [0.5, 0.6) is 0 Å².